The molecule has 8 heteroatoms. The highest BCUT2D eigenvalue weighted by atomic mass is 32.2. The molecule has 0 saturated carbocycles. The molecular formula is C17H29N5O2S. The van der Waals surface area contributed by atoms with Crippen LogP contribution in [0.2, 0.25) is 0 Å². The Kier molecular flexibility index (Phi) is 6.66. The Morgan fingerprint density at radius 2 is 1.84 bits per heavy atom. The average Bonchev–Trinajstić information content (AvgIpc) is 2.57. The van der Waals surface area contributed by atoms with Gasteiger partial charge in [-0.1, -0.05) is 12.1 Å². The number of anilines is 1. The Morgan fingerprint density at radius 1 is 1.16 bits per heavy atom. The van der Waals surface area contributed by atoms with Crippen molar-refractivity contribution in [2.75, 3.05) is 57.5 Å². The van der Waals surface area contributed by atoms with Crippen LogP contribution >= 0.6 is 0 Å². The van der Waals surface area contributed by atoms with Gasteiger partial charge in [-0.25, -0.2) is 13.1 Å². The van der Waals surface area contributed by atoms with Crippen LogP contribution in [0.25, 0.3) is 0 Å². The second-order valence-electron chi connectivity index (χ2n) is 6.33. The molecule has 0 spiro atoms. The van der Waals surface area contributed by atoms with Gasteiger partial charge in [0, 0.05) is 52.0 Å². The molecule has 1 aromatic carbocycles. The van der Waals surface area contributed by atoms with E-state index in [1.54, 1.807) is 7.05 Å². The van der Waals surface area contributed by atoms with E-state index in [2.05, 4.69) is 56.9 Å². The van der Waals surface area contributed by atoms with Crippen molar-refractivity contribution in [1.29, 1.82) is 0 Å². The van der Waals surface area contributed by atoms with Crippen molar-refractivity contribution >= 4 is 21.7 Å². The topological polar surface area (TPSA) is 77.0 Å². The molecule has 1 aliphatic heterocycles. The number of nitrogens with one attached hydrogen (secondary N) is 2. The molecule has 1 heterocycles. The summed E-state index contributed by atoms with van der Waals surface area (Å²) in [5, 5.41) is 3.22. The smallest absolute Gasteiger partial charge is 0.208 e. The molecule has 0 aliphatic carbocycles. The molecule has 7 nitrogen and oxygen atoms in total. The maximum atomic E-state index is 11.1. The van der Waals surface area contributed by atoms with E-state index in [4.69, 9.17) is 0 Å². The van der Waals surface area contributed by atoms with E-state index in [-0.39, 0.29) is 0 Å². The summed E-state index contributed by atoms with van der Waals surface area (Å²) in [4.78, 5) is 8.94. The lowest BCUT2D eigenvalue weighted by atomic mass is 10.1. The molecule has 2 N–H and O–H groups in total. The van der Waals surface area contributed by atoms with Gasteiger partial charge in [0.05, 0.1) is 6.26 Å². The Bertz CT molecular complexity index is 710. The summed E-state index contributed by atoms with van der Waals surface area (Å²) in [6, 6.07) is 6.44. The maximum absolute atomic E-state index is 11.1. The predicted octanol–water partition coefficient (Wildman–Crippen LogP) is 0.550. The first-order chi connectivity index (χ1) is 11.8. The number of nitrogens with zero attached hydrogens (tertiary/aromatic N) is 3. The van der Waals surface area contributed by atoms with Crippen molar-refractivity contribution in [3.05, 3.63) is 29.3 Å². The van der Waals surface area contributed by atoms with E-state index in [1.165, 1.54) is 16.8 Å². The number of benzene rings is 1. The highest BCUT2D eigenvalue weighted by molar-refractivity contribution is 7.88. The lowest BCUT2D eigenvalue weighted by Gasteiger charge is -2.38. The first-order valence-electron chi connectivity index (χ1n) is 8.53. The number of rotatable bonds is 5. The van der Waals surface area contributed by atoms with Crippen LogP contribution in [0.4, 0.5) is 5.69 Å². The van der Waals surface area contributed by atoms with Crippen LogP contribution in [0, 0.1) is 13.8 Å². The molecular weight excluding hydrogens is 338 g/mol. The number of hydrogen-bond donors (Lipinski definition) is 2. The number of hydrogen-bond acceptors (Lipinski definition) is 4. The third-order valence-corrected chi connectivity index (χ3v) is 5.21. The molecule has 1 fully saturated rings. The van der Waals surface area contributed by atoms with E-state index < -0.39 is 10.0 Å². The third kappa shape index (κ3) is 5.61. The van der Waals surface area contributed by atoms with Crippen LogP contribution in [-0.2, 0) is 10.0 Å². The van der Waals surface area contributed by atoms with Crippen LogP contribution in [0.5, 0.6) is 0 Å². The average molecular weight is 368 g/mol. The summed E-state index contributed by atoms with van der Waals surface area (Å²) in [5.41, 5.74) is 3.96. The fourth-order valence-electron chi connectivity index (χ4n) is 2.98. The zero-order valence-electron chi connectivity index (χ0n) is 15.5. The van der Waals surface area contributed by atoms with Crippen molar-refractivity contribution < 1.29 is 8.42 Å². The van der Waals surface area contributed by atoms with Crippen molar-refractivity contribution in [2.45, 2.75) is 13.8 Å². The second kappa shape index (κ2) is 8.53. The summed E-state index contributed by atoms with van der Waals surface area (Å²) in [6.45, 7) is 8.81. The fourth-order valence-corrected chi connectivity index (χ4v) is 3.45. The number of piperazine rings is 1. The van der Waals surface area contributed by atoms with E-state index in [9.17, 15) is 8.42 Å². The molecule has 0 bridgehead atoms. The Labute approximate surface area is 151 Å². The summed E-state index contributed by atoms with van der Waals surface area (Å²) >= 11 is 0. The highest BCUT2D eigenvalue weighted by Crippen LogP contribution is 2.23. The van der Waals surface area contributed by atoms with Crippen LogP contribution in [0.3, 0.4) is 0 Å². The van der Waals surface area contributed by atoms with Crippen molar-refractivity contribution in [3.63, 3.8) is 0 Å². The van der Waals surface area contributed by atoms with Crippen molar-refractivity contribution in [1.82, 2.24) is 14.9 Å². The summed E-state index contributed by atoms with van der Waals surface area (Å²) < 4.78 is 24.6. The molecule has 0 amide bonds. The van der Waals surface area contributed by atoms with Gasteiger partial charge in [-0.3, -0.25) is 4.99 Å². The van der Waals surface area contributed by atoms with Gasteiger partial charge < -0.3 is 15.1 Å². The molecule has 0 unspecified atom stereocenters. The minimum Gasteiger partial charge on any atom is -0.368 e. The van der Waals surface area contributed by atoms with Gasteiger partial charge in [-0.2, -0.15) is 0 Å². The Morgan fingerprint density at radius 3 is 2.44 bits per heavy atom. The van der Waals surface area contributed by atoms with Crippen molar-refractivity contribution in [3.8, 4) is 0 Å². The van der Waals surface area contributed by atoms with Gasteiger partial charge in [-0.15, -0.1) is 0 Å². The molecule has 1 aliphatic rings. The van der Waals surface area contributed by atoms with Gasteiger partial charge in [0.1, 0.15) is 0 Å². The minimum atomic E-state index is -3.15. The quantitative estimate of drug-likeness (QED) is 0.452. The monoisotopic (exact) mass is 367 g/mol. The first kappa shape index (κ1) is 19.5. The van der Waals surface area contributed by atoms with E-state index in [0.717, 1.165) is 38.4 Å². The number of aryl methyl sites for hydroxylation is 1. The summed E-state index contributed by atoms with van der Waals surface area (Å²) in [6.07, 6.45) is 1.16. The van der Waals surface area contributed by atoms with E-state index in [1.807, 2.05) is 0 Å². The van der Waals surface area contributed by atoms with E-state index in [0.29, 0.717) is 13.1 Å². The van der Waals surface area contributed by atoms with Gasteiger partial charge in [0.2, 0.25) is 10.0 Å². The Balaban J connectivity index is 1.86. The fraction of sp³-hybridized carbons (Fsp3) is 0.588. The number of guanidine groups is 1. The SMILES string of the molecule is CN=C(NCCNS(C)(=O)=O)N1CCN(c2cccc(C)c2C)CC1. The molecule has 0 radical (unpaired) electrons. The summed E-state index contributed by atoms with van der Waals surface area (Å²) in [7, 11) is -1.40. The Hall–Kier alpha value is -1.80. The first-order valence-corrected chi connectivity index (χ1v) is 10.4. The zero-order chi connectivity index (χ0) is 18.4. The van der Waals surface area contributed by atoms with Crippen LogP contribution in [-0.4, -0.2) is 71.8 Å². The van der Waals surface area contributed by atoms with Crippen molar-refractivity contribution in [2.24, 2.45) is 4.99 Å². The minimum absolute atomic E-state index is 0.348. The molecule has 1 saturated heterocycles. The molecule has 2 rings (SSSR count). The van der Waals surface area contributed by atoms with Gasteiger partial charge in [-0.05, 0) is 31.0 Å². The van der Waals surface area contributed by atoms with Crippen LogP contribution < -0.4 is 14.9 Å². The lowest BCUT2D eigenvalue weighted by Crippen LogP contribution is -2.53. The molecule has 140 valence electrons. The molecule has 0 aromatic heterocycles. The third-order valence-electron chi connectivity index (χ3n) is 4.48. The number of sulfonamides is 1. The largest absolute Gasteiger partial charge is 0.368 e. The maximum Gasteiger partial charge on any atom is 0.208 e. The molecule has 25 heavy (non-hydrogen) atoms. The van der Waals surface area contributed by atoms with Crippen LogP contribution in [0.1, 0.15) is 11.1 Å². The second-order valence-corrected chi connectivity index (χ2v) is 8.17. The zero-order valence-corrected chi connectivity index (χ0v) is 16.4. The molecule has 1 aromatic rings. The highest BCUT2D eigenvalue weighted by Gasteiger charge is 2.20. The predicted molar refractivity (Wildman–Crippen MR) is 104 cm³/mol. The normalized spacial score (nSPS) is 16.2. The molecule has 0 atom stereocenters. The van der Waals surface area contributed by atoms with Gasteiger partial charge in [0.15, 0.2) is 5.96 Å². The lowest BCUT2D eigenvalue weighted by molar-refractivity contribution is 0.372. The summed E-state index contributed by atoms with van der Waals surface area (Å²) in [5.74, 6) is 0.816. The van der Waals surface area contributed by atoms with Crippen LogP contribution in [0.15, 0.2) is 23.2 Å². The number of aliphatic imine (C=N–C) groups is 1. The standard InChI is InChI=1S/C17H29N5O2S/c1-14-6-5-7-16(15(14)2)21-10-12-22(13-11-21)17(18-3)19-8-9-20-25(4,23)24/h5-7,20H,8-13H2,1-4H3,(H,18,19). The van der Waals surface area contributed by atoms with Gasteiger partial charge in [0.25, 0.3) is 0 Å². The van der Waals surface area contributed by atoms with E-state index >= 15 is 0 Å². The van der Waals surface area contributed by atoms with Gasteiger partial charge >= 0.3 is 0 Å².